The molecule has 0 unspecified atom stereocenters. The molecule has 11 heavy (non-hydrogen) atoms. The molecule has 1 heterocycles. The molecule has 0 radical (unpaired) electrons. The quantitative estimate of drug-likeness (QED) is 0.604. The lowest BCUT2D eigenvalue weighted by Gasteiger charge is -2.12. The van der Waals surface area contributed by atoms with Gasteiger partial charge >= 0.3 is 0 Å². The molecule has 0 atom stereocenters. The molecule has 2 heteroatoms. The van der Waals surface area contributed by atoms with E-state index < -0.39 is 5.67 Å². The van der Waals surface area contributed by atoms with Crippen LogP contribution in [0.3, 0.4) is 0 Å². The van der Waals surface area contributed by atoms with Crippen LogP contribution in [0.25, 0.3) is 0 Å². The summed E-state index contributed by atoms with van der Waals surface area (Å²) in [4.78, 5) is 3.97. The van der Waals surface area contributed by atoms with E-state index in [0.29, 0.717) is 5.69 Å². The predicted molar refractivity (Wildman–Crippen MR) is 43.1 cm³/mol. The number of pyridine rings is 1. The van der Waals surface area contributed by atoms with Gasteiger partial charge in [-0.2, -0.15) is 0 Å². The van der Waals surface area contributed by atoms with Crippen molar-refractivity contribution in [3.63, 3.8) is 0 Å². The minimum Gasteiger partial charge on any atom is -0.258 e. The topological polar surface area (TPSA) is 12.9 Å². The Kier molecular flexibility index (Phi) is 1.94. The van der Waals surface area contributed by atoms with Crippen LogP contribution in [-0.4, -0.2) is 4.98 Å². The second-order valence-electron chi connectivity index (χ2n) is 3.19. The zero-order valence-corrected chi connectivity index (χ0v) is 7.06. The second-order valence-corrected chi connectivity index (χ2v) is 3.19. The van der Waals surface area contributed by atoms with Crippen molar-refractivity contribution in [3.05, 3.63) is 29.6 Å². The molecule has 1 rings (SSSR count). The first kappa shape index (κ1) is 8.18. The third-order valence-electron chi connectivity index (χ3n) is 1.52. The van der Waals surface area contributed by atoms with Gasteiger partial charge in [-0.3, -0.25) is 4.98 Å². The number of nitrogens with zero attached hydrogens (tertiary/aromatic N) is 1. The summed E-state index contributed by atoms with van der Waals surface area (Å²) in [6.07, 6.45) is 1.68. The number of hydrogen-bond donors (Lipinski definition) is 0. The lowest BCUT2D eigenvalue weighted by Crippen LogP contribution is -2.10. The van der Waals surface area contributed by atoms with E-state index in [-0.39, 0.29) is 0 Å². The van der Waals surface area contributed by atoms with E-state index in [0.717, 1.165) is 5.56 Å². The number of alkyl halides is 1. The third-order valence-corrected chi connectivity index (χ3v) is 1.52. The van der Waals surface area contributed by atoms with Gasteiger partial charge in [0.15, 0.2) is 0 Å². The molecular weight excluding hydrogens is 141 g/mol. The van der Waals surface area contributed by atoms with Crippen molar-refractivity contribution < 1.29 is 4.39 Å². The normalized spacial score (nSPS) is 11.6. The highest BCUT2D eigenvalue weighted by Crippen LogP contribution is 2.21. The molecule has 0 saturated carbocycles. The fourth-order valence-electron chi connectivity index (χ4n) is 0.819. The van der Waals surface area contributed by atoms with Gasteiger partial charge in [0.2, 0.25) is 0 Å². The smallest absolute Gasteiger partial charge is 0.147 e. The SMILES string of the molecule is Cc1ccc(C(C)(C)F)nc1. The summed E-state index contributed by atoms with van der Waals surface area (Å²) in [6.45, 7) is 4.94. The molecule has 1 aromatic rings. The average molecular weight is 153 g/mol. The van der Waals surface area contributed by atoms with E-state index in [2.05, 4.69) is 4.98 Å². The standard InChI is InChI=1S/C9H12FN/c1-7-4-5-8(11-6-7)9(2,3)10/h4-6H,1-3H3. The minimum absolute atomic E-state index is 0.489. The molecule has 0 spiro atoms. The summed E-state index contributed by atoms with van der Waals surface area (Å²) in [6, 6.07) is 3.58. The fraction of sp³-hybridized carbons (Fsp3) is 0.444. The summed E-state index contributed by atoms with van der Waals surface area (Å²) in [5.74, 6) is 0. The number of aromatic nitrogens is 1. The van der Waals surface area contributed by atoms with Gasteiger partial charge in [-0.05, 0) is 32.4 Å². The Morgan fingerprint density at radius 2 is 2.00 bits per heavy atom. The molecule has 0 N–H and O–H groups in total. The molecular formula is C9H12FN. The Balaban J connectivity index is 2.99. The van der Waals surface area contributed by atoms with Crippen molar-refractivity contribution >= 4 is 0 Å². The summed E-state index contributed by atoms with van der Waals surface area (Å²) < 4.78 is 13.2. The van der Waals surface area contributed by atoms with E-state index in [1.807, 2.05) is 13.0 Å². The van der Waals surface area contributed by atoms with Crippen molar-refractivity contribution in [2.24, 2.45) is 0 Å². The van der Waals surface area contributed by atoms with Crippen molar-refractivity contribution in [2.75, 3.05) is 0 Å². The molecule has 0 amide bonds. The van der Waals surface area contributed by atoms with Crippen LogP contribution in [0.2, 0.25) is 0 Å². The molecule has 1 nitrogen and oxygen atoms in total. The maximum atomic E-state index is 13.2. The van der Waals surface area contributed by atoms with E-state index in [4.69, 9.17) is 0 Å². The number of rotatable bonds is 1. The first-order valence-electron chi connectivity index (χ1n) is 3.62. The lowest BCUT2D eigenvalue weighted by atomic mass is 10.1. The average Bonchev–Trinajstić information content (AvgIpc) is 1.86. The van der Waals surface area contributed by atoms with Crippen LogP contribution in [0.1, 0.15) is 25.1 Å². The third kappa shape index (κ3) is 2.00. The van der Waals surface area contributed by atoms with Crippen molar-refractivity contribution in [2.45, 2.75) is 26.4 Å². The van der Waals surface area contributed by atoms with Crippen LogP contribution < -0.4 is 0 Å². The first-order valence-corrected chi connectivity index (χ1v) is 3.62. The van der Waals surface area contributed by atoms with Crippen LogP contribution in [0.4, 0.5) is 4.39 Å². The number of halogens is 1. The van der Waals surface area contributed by atoms with Gasteiger partial charge in [0.1, 0.15) is 5.67 Å². The maximum absolute atomic E-state index is 13.2. The molecule has 0 fully saturated rings. The van der Waals surface area contributed by atoms with E-state index in [9.17, 15) is 4.39 Å². The summed E-state index contributed by atoms with van der Waals surface area (Å²) in [7, 11) is 0. The van der Waals surface area contributed by atoms with Gasteiger partial charge in [-0.25, -0.2) is 4.39 Å². The summed E-state index contributed by atoms with van der Waals surface area (Å²) in [5.41, 5.74) is 0.217. The van der Waals surface area contributed by atoms with Crippen molar-refractivity contribution in [1.29, 1.82) is 0 Å². The number of hydrogen-bond acceptors (Lipinski definition) is 1. The van der Waals surface area contributed by atoms with Crippen molar-refractivity contribution in [1.82, 2.24) is 4.98 Å². The predicted octanol–water partition coefficient (Wildman–Crippen LogP) is 2.59. The van der Waals surface area contributed by atoms with Gasteiger partial charge in [0.25, 0.3) is 0 Å². The Morgan fingerprint density at radius 3 is 2.36 bits per heavy atom. The summed E-state index contributed by atoms with van der Waals surface area (Å²) >= 11 is 0. The monoisotopic (exact) mass is 153 g/mol. The van der Waals surface area contributed by atoms with E-state index >= 15 is 0 Å². The molecule has 0 bridgehead atoms. The molecule has 0 aliphatic heterocycles. The molecule has 0 aliphatic rings. The Bertz CT molecular complexity index is 233. The zero-order valence-electron chi connectivity index (χ0n) is 7.06. The zero-order chi connectivity index (χ0) is 8.48. The van der Waals surface area contributed by atoms with Crippen LogP contribution >= 0.6 is 0 Å². The van der Waals surface area contributed by atoms with Crippen molar-refractivity contribution in [3.8, 4) is 0 Å². The van der Waals surface area contributed by atoms with Crippen LogP contribution in [0.15, 0.2) is 18.3 Å². The molecule has 0 saturated heterocycles. The van der Waals surface area contributed by atoms with Crippen LogP contribution in [0, 0.1) is 6.92 Å². The fourth-order valence-corrected chi connectivity index (χ4v) is 0.819. The first-order chi connectivity index (χ1) is 5.00. The Hall–Kier alpha value is -0.920. The lowest BCUT2D eigenvalue weighted by molar-refractivity contribution is 0.214. The van der Waals surface area contributed by atoms with Gasteiger partial charge in [0.05, 0.1) is 5.69 Å². The van der Waals surface area contributed by atoms with E-state index in [1.165, 1.54) is 13.8 Å². The molecule has 60 valence electrons. The van der Waals surface area contributed by atoms with Gasteiger partial charge < -0.3 is 0 Å². The highest BCUT2D eigenvalue weighted by atomic mass is 19.1. The maximum Gasteiger partial charge on any atom is 0.147 e. The Labute approximate surface area is 66.3 Å². The van der Waals surface area contributed by atoms with Gasteiger partial charge in [-0.1, -0.05) is 6.07 Å². The van der Waals surface area contributed by atoms with Crippen LogP contribution in [-0.2, 0) is 5.67 Å². The molecule has 0 aliphatic carbocycles. The Morgan fingerprint density at radius 1 is 1.36 bits per heavy atom. The van der Waals surface area contributed by atoms with E-state index in [1.54, 1.807) is 12.3 Å². The molecule has 1 aromatic heterocycles. The number of aryl methyl sites for hydroxylation is 1. The van der Waals surface area contributed by atoms with Gasteiger partial charge in [0, 0.05) is 6.20 Å². The highest BCUT2D eigenvalue weighted by Gasteiger charge is 2.19. The van der Waals surface area contributed by atoms with Crippen LogP contribution in [0.5, 0.6) is 0 Å². The van der Waals surface area contributed by atoms with Gasteiger partial charge in [-0.15, -0.1) is 0 Å². The minimum atomic E-state index is -1.33. The largest absolute Gasteiger partial charge is 0.258 e. The highest BCUT2D eigenvalue weighted by molar-refractivity contribution is 5.16. The summed E-state index contributed by atoms with van der Waals surface area (Å²) in [5, 5.41) is 0. The second kappa shape index (κ2) is 2.61. The molecule has 0 aromatic carbocycles.